The number of esters is 1. The zero-order valence-corrected chi connectivity index (χ0v) is 9.10. The van der Waals surface area contributed by atoms with Gasteiger partial charge in [0.1, 0.15) is 0 Å². The molecule has 0 aromatic rings. The van der Waals surface area contributed by atoms with Gasteiger partial charge in [-0.2, -0.15) is 0 Å². The third kappa shape index (κ3) is 3.27. The van der Waals surface area contributed by atoms with Crippen molar-refractivity contribution >= 4 is 5.97 Å². The van der Waals surface area contributed by atoms with Gasteiger partial charge in [0.05, 0.1) is 6.61 Å². The standard InChI is InChI=1S/C9H15N3O3/c1-6(2)8(14)15-9(5-13,7(3)4)11-12-10/h7,13H,1,5H2,2-4H3. The highest BCUT2D eigenvalue weighted by atomic mass is 16.6. The third-order valence-corrected chi connectivity index (χ3v) is 1.96. The molecule has 0 amide bonds. The Balaban J connectivity index is 5.01. The SMILES string of the molecule is C=C(C)C(=O)OC(CO)(N=[N+]=[N-])C(C)C. The average molecular weight is 213 g/mol. The van der Waals surface area contributed by atoms with Crippen LogP contribution < -0.4 is 0 Å². The summed E-state index contributed by atoms with van der Waals surface area (Å²) in [6.07, 6.45) is 0. The molecule has 0 fully saturated rings. The van der Waals surface area contributed by atoms with E-state index < -0.39 is 18.3 Å². The Hall–Kier alpha value is -1.52. The molecule has 15 heavy (non-hydrogen) atoms. The van der Waals surface area contributed by atoms with Gasteiger partial charge in [0.15, 0.2) is 0 Å². The molecule has 6 nitrogen and oxygen atoms in total. The lowest BCUT2D eigenvalue weighted by Gasteiger charge is -2.30. The van der Waals surface area contributed by atoms with E-state index >= 15 is 0 Å². The molecule has 1 atom stereocenters. The van der Waals surface area contributed by atoms with Gasteiger partial charge in [0.2, 0.25) is 5.72 Å². The lowest BCUT2D eigenvalue weighted by molar-refractivity contribution is -0.164. The van der Waals surface area contributed by atoms with Crippen LogP contribution in [0.3, 0.4) is 0 Å². The van der Waals surface area contributed by atoms with Crippen molar-refractivity contribution in [3.63, 3.8) is 0 Å². The molecule has 0 aliphatic rings. The molecule has 0 radical (unpaired) electrons. The van der Waals surface area contributed by atoms with Crippen molar-refractivity contribution in [2.75, 3.05) is 6.61 Å². The van der Waals surface area contributed by atoms with Crippen LogP contribution in [0.2, 0.25) is 0 Å². The van der Waals surface area contributed by atoms with Crippen molar-refractivity contribution in [3.05, 3.63) is 22.6 Å². The van der Waals surface area contributed by atoms with E-state index in [9.17, 15) is 4.79 Å². The summed E-state index contributed by atoms with van der Waals surface area (Å²) in [5.41, 5.74) is 7.00. The normalized spacial score (nSPS) is 13.9. The number of azide groups is 1. The fraction of sp³-hybridized carbons (Fsp3) is 0.667. The zero-order chi connectivity index (χ0) is 12.1. The summed E-state index contributed by atoms with van der Waals surface area (Å²) in [6, 6.07) is 0. The summed E-state index contributed by atoms with van der Waals surface area (Å²) in [6.45, 7) is 7.67. The fourth-order valence-electron chi connectivity index (χ4n) is 0.824. The lowest BCUT2D eigenvalue weighted by Crippen LogP contribution is -2.42. The van der Waals surface area contributed by atoms with Crippen LogP contribution >= 0.6 is 0 Å². The van der Waals surface area contributed by atoms with Gasteiger partial charge in [-0.1, -0.05) is 20.4 Å². The first kappa shape index (κ1) is 13.5. The molecule has 0 rings (SSSR count). The summed E-state index contributed by atoms with van der Waals surface area (Å²) in [4.78, 5) is 13.9. The van der Waals surface area contributed by atoms with Gasteiger partial charge in [-0.15, -0.1) is 0 Å². The van der Waals surface area contributed by atoms with Gasteiger partial charge in [-0.25, -0.2) is 4.79 Å². The monoisotopic (exact) mass is 213 g/mol. The molecular weight excluding hydrogens is 198 g/mol. The van der Waals surface area contributed by atoms with E-state index in [1.54, 1.807) is 13.8 Å². The molecule has 0 saturated heterocycles. The number of aliphatic hydroxyl groups excluding tert-OH is 1. The maximum Gasteiger partial charge on any atom is 0.333 e. The van der Waals surface area contributed by atoms with E-state index in [0.717, 1.165) is 0 Å². The maximum atomic E-state index is 11.3. The Kier molecular flexibility index (Phi) is 4.84. The highest BCUT2D eigenvalue weighted by Gasteiger charge is 2.36. The number of carbonyl (C=O) groups excluding carboxylic acids is 1. The van der Waals surface area contributed by atoms with Gasteiger partial charge < -0.3 is 9.84 Å². The molecule has 0 bridgehead atoms. The fourth-order valence-corrected chi connectivity index (χ4v) is 0.824. The zero-order valence-electron chi connectivity index (χ0n) is 9.10. The van der Waals surface area contributed by atoms with Crippen LogP contribution in [0.1, 0.15) is 20.8 Å². The van der Waals surface area contributed by atoms with Crippen LogP contribution in [0.15, 0.2) is 17.3 Å². The highest BCUT2D eigenvalue weighted by Crippen LogP contribution is 2.24. The van der Waals surface area contributed by atoms with Crippen molar-refractivity contribution in [1.29, 1.82) is 0 Å². The molecule has 0 spiro atoms. The Morgan fingerprint density at radius 3 is 2.53 bits per heavy atom. The molecule has 1 unspecified atom stereocenters. The van der Waals surface area contributed by atoms with Crippen LogP contribution in [-0.2, 0) is 9.53 Å². The third-order valence-electron chi connectivity index (χ3n) is 1.96. The molecular formula is C9H15N3O3. The van der Waals surface area contributed by atoms with Gasteiger partial charge in [0.25, 0.3) is 0 Å². The van der Waals surface area contributed by atoms with Crippen molar-refractivity contribution < 1.29 is 14.6 Å². The Bertz CT molecular complexity index is 308. The number of nitrogens with zero attached hydrogens (tertiary/aromatic N) is 3. The molecule has 0 aliphatic heterocycles. The van der Waals surface area contributed by atoms with Crippen molar-refractivity contribution in [2.24, 2.45) is 11.0 Å². The topological polar surface area (TPSA) is 95.3 Å². The Morgan fingerprint density at radius 1 is 1.73 bits per heavy atom. The van der Waals surface area contributed by atoms with Crippen LogP contribution in [0.4, 0.5) is 0 Å². The average Bonchev–Trinajstić information content (AvgIpc) is 2.16. The van der Waals surface area contributed by atoms with Crippen LogP contribution in [0, 0.1) is 5.92 Å². The van der Waals surface area contributed by atoms with Gasteiger partial charge in [-0.3, -0.25) is 0 Å². The van der Waals surface area contributed by atoms with Crippen LogP contribution in [0.5, 0.6) is 0 Å². The summed E-state index contributed by atoms with van der Waals surface area (Å²) in [5.74, 6) is -1.02. The van der Waals surface area contributed by atoms with Gasteiger partial charge >= 0.3 is 5.97 Å². The van der Waals surface area contributed by atoms with Crippen LogP contribution in [-0.4, -0.2) is 23.4 Å². The highest BCUT2D eigenvalue weighted by molar-refractivity contribution is 5.87. The molecule has 0 aromatic carbocycles. The van der Waals surface area contributed by atoms with Gasteiger partial charge in [-0.05, 0) is 17.6 Å². The molecule has 0 aliphatic carbocycles. The van der Waals surface area contributed by atoms with E-state index in [1.807, 2.05) is 0 Å². The lowest BCUT2D eigenvalue weighted by atomic mass is 10.0. The molecule has 0 saturated carbocycles. The van der Waals surface area contributed by atoms with E-state index in [-0.39, 0.29) is 11.5 Å². The minimum Gasteiger partial charge on any atom is -0.447 e. The van der Waals surface area contributed by atoms with E-state index in [1.165, 1.54) is 6.92 Å². The largest absolute Gasteiger partial charge is 0.447 e. The number of aliphatic hydroxyl groups is 1. The summed E-state index contributed by atoms with van der Waals surface area (Å²) in [7, 11) is 0. The molecule has 84 valence electrons. The predicted octanol–water partition coefficient (Wildman–Crippen LogP) is 1.76. The second-order valence-electron chi connectivity index (χ2n) is 3.52. The first-order chi connectivity index (χ1) is 6.89. The van der Waals surface area contributed by atoms with Crippen LogP contribution in [0.25, 0.3) is 10.4 Å². The van der Waals surface area contributed by atoms with E-state index in [2.05, 4.69) is 16.6 Å². The first-order valence-corrected chi connectivity index (χ1v) is 4.45. The second-order valence-corrected chi connectivity index (χ2v) is 3.52. The molecule has 0 heterocycles. The quantitative estimate of drug-likeness (QED) is 0.248. The summed E-state index contributed by atoms with van der Waals surface area (Å²) in [5, 5.41) is 12.5. The number of hydrogen-bond donors (Lipinski definition) is 1. The van der Waals surface area contributed by atoms with Gasteiger partial charge in [0, 0.05) is 16.4 Å². The number of carbonyl (C=O) groups is 1. The number of rotatable bonds is 5. The predicted molar refractivity (Wildman–Crippen MR) is 54.7 cm³/mol. The molecule has 6 heteroatoms. The molecule has 1 N–H and O–H groups in total. The Morgan fingerprint density at radius 2 is 2.27 bits per heavy atom. The number of hydrogen-bond acceptors (Lipinski definition) is 4. The van der Waals surface area contributed by atoms with Crippen molar-refractivity contribution in [2.45, 2.75) is 26.5 Å². The van der Waals surface area contributed by atoms with E-state index in [0.29, 0.717) is 0 Å². The first-order valence-electron chi connectivity index (χ1n) is 4.45. The smallest absolute Gasteiger partial charge is 0.333 e. The Labute approximate surface area is 88.2 Å². The molecule has 0 aromatic heterocycles. The van der Waals surface area contributed by atoms with Crippen molar-refractivity contribution in [1.82, 2.24) is 0 Å². The minimum absolute atomic E-state index is 0.182. The summed E-state index contributed by atoms with van der Waals surface area (Å²) >= 11 is 0. The summed E-state index contributed by atoms with van der Waals surface area (Å²) < 4.78 is 4.94. The number of ether oxygens (including phenoxy) is 1. The maximum absolute atomic E-state index is 11.3. The van der Waals surface area contributed by atoms with E-state index in [4.69, 9.17) is 15.4 Å². The minimum atomic E-state index is -1.55. The second kappa shape index (κ2) is 5.38. The van der Waals surface area contributed by atoms with Crippen molar-refractivity contribution in [3.8, 4) is 0 Å².